The van der Waals surface area contributed by atoms with Gasteiger partial charge in [0.2, 0.25) is 5.76 Å². The van der Waals surface area contributed by atoms with Crippen molar-refractivity contribution in [1.29, 1.82) is 0 Å². The Morgan fingerprint density at radius 3 is 2.94 bits per heavy atom. The lowest BCUT2D eigenvalue weighted by Crippen LogP contribution is -2.20. The fraction of sp³-hybridized carbons (Fsp3) is 0.455. The summed E-state index contributed by atoms with van der Waals surface area (Å²) in [4.78, 5) is 22.0. The second kappa shape index (κ2) is 5.95. The Balaban J connectivity index is 2.53. The smallest absolute Gasteiger partial charge is 0.373 e. The molecule has 16 heavy (non-hydrogen) atoms. The van der Waals surface area contributed by atoms with E-state index in [0.29, 0.717) is 0 Å². The van der Waals surface area contributed by atoms with Gasteiger partial charge >= 0.3 is 11.9 Å². The predicted molar refractivity (Wildman–Crippen MR) is 55.4 cm³/mol. The second-order valence-corrected chi connectivity index (χ2v) is 3.10. The topological polar surface area (TPSA) is 61.8 Å². The molecule has 0 fully saturated rings. The molecule has 0 aliphatic carbocycles. The van der Waals surface area contributed by atoms with Gasteiger partial charge in [-0.2, -0.15) is 0 Å². The van der Waals surface area contributed by atoms with E-state index in [1.165, 1.54) is 13.0 Å². The lowest BCUT2D eigenvalue weighted by atomic mass is 10.3. The molecular weight excluding hydrogens is 212 g/mol. The number of esters is 2. The third kappa shape index (κ3) is 3.76. The van der Waals surface area contributed by atoms with Gasteiger partial charge in [-0.25, -0.2) is 4.79 Å². The zero-order chi connectivity index (χ0) is 12.0. The summed E-state index contributed by atoms with van der Waals surface area (Å²) in [5.41, 5.74) is 0. The van der Waals surface area contributed by atoms with Crippen LogP contribution in [0.3, 0.4) is 0 Å². The van der Waals surface area contributed by atoms with Crippen LogP contribution >= 0.6 is 0 Å². The molecule has 5 heteroatoms. The zero-order valence-electron chi connectivity index (χ0n) is 9.26. The minimum absolute atomic E-state index is 0.112. The first-order valence-corrected chi connectivity index (χ1v) is 4.99. The number of rotatable bonds is 3. The van der Waals surface area contributed by atoms with E-state index >= 15 is 0 Å². The van der Waals surface area contributed by atoms with Crippen LogP contribution in [0.2, 0.25) is 0 Å². The van der Waals surface area contributed by atoms with E-state index < -0.39 is 18.0 Å². The molecule has 1 aliphatic rings. The van der Waals surface area contributed by atoms with Crippen LogP contribution in [0.25, 0.3) is 0 Å². The number of hydrogen-bond donors (Lipinski definition) is 0. The third-order valence-corrected chi connectivity index (χ3v) is 1.77. The Kier molecular flexibility index (Phi) is 4.57. The van der Waals surface area contributed by atoms with E-state index in [4.69, 9.17) is 14.2 Å². The molecule has 0 aromatic carbocycles. The first-order chi connectivity index (χ1) is 7.63. The molecule has 0 saturated carbocycles. The van der Waals surface area contributed by atoms with Gasteiger partial charge in [-0.05, 0) is 19.1 Å². The third-order valence-electron chi connectivity index (χ3n) is 1.77. The van der Waals surface area contributed by atoms with Gasteiger partial charge in [0.15, 0.2) is 6.10 Å². The Morgan fingerprint density at radius 2 is 2.31 bits per heavy atom. The van der Waals surface area contributed by atoms with Crippen LogP contribution in [-0.2, 0) is 23.8 Å². The minimum Gasteiger partial charge on any atom is -0.482 e. The number of ether oxygens (including phenoxy) is 3. The molecule has 88 valence electrons. The highest BCUT2D eigenvalue weighted by Gasteiger charge is 2.17. The molecule has 5 nitrogen and oxygen atoms in total. The maximum atomic E-state index is 11.3. The van der Waals surface area contributed by atoms with Crippen molar-refractivity contribution < 1.29 is 23.8 Å². The van der Waals surface area contributed by atoms with Gasteiger partial charge in [0.25, 0.3) is 0 Å². The van der Waals surface area contributed by atoms with Crippen molar-refractivity contribution >= 4 is 11.9 Å². The SMILES string of the molecule is CCOC(=O)C1=CC=CC(OC(C)=O)CO1. The normalized spacial score (nSPS) is 19.1. The zero-order valence-corrected chi connectivity index (χ0v) is 9.26. The van der Waals surface area contributed by atoms with Gasteiger partial charge in [-0.1, -0.05) is 6.08 Å². The minimum atomic E-state index is -0.518. The van der Waals surface area contributed by atoms with Crippen molar-refractivity contribution in [2.24, 2.45) is 0 Å². The van der Waals surface area contributed by atoms with E-state index in [0.717, 1.165) is 0 Å². The molecule has 0 aromatic rings. The molecule has 0 N–H and O–H groups in total. The van der Waals surface area contributed by atoms with E-state index in [9.17, 15) is 9.59 Å². The molecule has 1 atom stereocenters. The van der Waals surface area contributed by atoms with Crippen LogP contribution in [0.5, 0.6) is 0 Å². The predicted octanol–water partition coefficient (Wildman–Crippen LogP) is 0.952. The van der Waals surface area contributed by atoms with Crippen molar-refractivity contribution in [3.05, 3.63) is 24.0 Å². The van der Waals surface area contributed by atoms with Gasteiger partial charge in [0.05, 0.1) is 6.61 Å². The van der Waals surface area contributed by atoms with Crippen LogP contribution in [-0.4, -0.2) is 31.3 Å². The molecule has 1 rings (SSSR count). The molecule has 0 aromatic heterocycles. The summed E-state index contributed by atoms with van der Waals surface area (Å²) < 4.78 is 14.9. The summed E-state index contributed by atoms with van der Waals surface area (Å²) >= 11 is 0. The van der Waals surface area contributed by atoms with Crippen LogP contribution in [0.1, 0.15) is 13.8 Å². The molecule has 1 unspecified atom stereocenters. The molecular formula is C11H14O5. The van der Waals surface area contributed by atoms with Crippen LogP contribution in [0.4, 0.5) is 0 Å². The first kappa shape index (κ1) is 12.3. The average Bonchev–Trinajstić information content (AvgIpc) is 2.43. The monoisotopic (exact) mass is 226 g/mol. The van der Waals surface area contributed by atoms with Gasteiger partial charge in [0.1, 0.15) is 6.61 Å². The first-order valence-electron chi connectivity index (χ1n) is 4.99. The van der Waals surface area contributed by atoms with Gasteiger partial charge in [-0.15, -0.1) is 0 Å². The number of carbonyl (C=O) groups is 2. The van der Waals surface area contributed by atoms with Crippen LogP contribution in [0.15, 0.2) is 24.0 Å². The second-order valence-electron chi connectivity index (χ2n) is 3.10. The standard InChI is InChI=1S/C11H14O5/c1-3-14-11(13)10-6-4-5-9(7-15-10)16-8(2)12/h4-6,9H,3,7H2,1-2H3. The van der Waals surface area contributed by atoms with Crippen molar-refractivity contribution in [2.45, 2.75) is 20.0 Å². The Bertz CT molecular complexity index is 329. The summed E-state index contributed by atoms with van der Waals surface area (Å²) in [6.07, 6.45) is 4.27. The Hall–Kier alpha value is -1.78. The van der Waals surface area contributed by atoms with Gasteiger partial charge in [-0.3, -0.25) is 4.79 Å². The Labute approximate surface area is 93.7 Å². The lowest BCUT2D eigenvalue weighted by Gasteiger charge is -2.13. The van der Waals surface area contributed by atoms with E-state index in [1.807, 2.05) is 0 Å². The highest BCUT2D eigenvalue weighted by atomic mass is 16.6. The maximum Gasteiger partial charge on any atom is 0.373 e. The Morgan fingerprint density at radius 1 is 1.56 bits per heavy atom. The van der Waals surface area contributed by atoms with Crippen molar-refractivity contribution in [3.63, 3.8) is 0 Å². The lowest BCUT2D eigenvalue weighted by molar-refractivity contribution is -0.147. The summed E-state index contributed by atoms with van der Waals surface area (Å²) in [5.74, 6) is -0.791. The van der Waals surface area contributed by atoms with E-state index in [2.05, 4.69) is 0 Å². The van der Waals surface area contributed by atoms with E-state index in [-0.39, 0.29) is 19.0 Å². The quantitative estimate of drug-likeness (QED) is 0.670. The number of hydrogen-bond acceptors (Lipinski definition) is 5. The summed E-state index contributed by atoms with van der Waals surface area (Å²) in [6, 6.07) is 0. The van der Waals surface area contributed by atoms with E-state index in [1.54, 1.807) is 19.1 Å². The average molecular weight is 226 g/mol. The highest BCUT2D eigenvalue weighted by Crippen LogP contribution is 2.09. The summed E-state index contributed by atoms with van der Waals surface area (Å²) in [7, 11) is 0. The van der Waals surface area contributed by atoms with Gasteiger partial charge < -0.3 is 14.2 Å². The largest absolute Gasteiger partial charge is 0.482 e. The fourth-order valence-corrected chi connectivity index (χ4v) is 1.16. The summed E-state index contributed by atoms with van der Waals surface area (Å²) in [6.45, 7) is 3.43. The molecule has 1 aliphatic heterocycles. The van der Waals surface area contributed by atoms with Crippen molar-refractivity contribution in [2.75, 3.05) is 13.2 Å². The van der Waals surface area contributed by atoms with Crippen LogP contribution in [0, 0.1) is 0 Å². The highest BCUT2D eigenvalue weighted by molar-refractivity contribution is 5.86. The van der Waals surface area contributed by atoms with Gasteiger partial charge in [0, 0.05) is 6.92 Å². The molecule has 0 radical (unpaired) electrons. The van der Waals surface area contributed by atoms with Crippen molar-refractivity contribution in [3.8, 4) is 0 Å². The molecule has 1 heterocycles. The van der Waals surface area contributed by atoms with Crippen LogP contribution < -0.4 is 0 Å². The number of carbonyl (C=O) groups excluding carboxylic acids is 2. The maximum absolute atomic E-state index is 11.3. The summed E-state index contributed by atoms with van der Waals surface area (Å²) in [5, 5.41) is 0. The molecule has 0 saturated heterocycles. The van der Waals surface area contributed by atoms with Crippen molar-refractivity contribution in [1.82, 2.24) is 0 Å². The molecule has 0 spiro atoms. The molecule has 0 bridgehead atoms. The molecule has 0 amide bonds. The fourth-order valence-electron chi connectivity index (χ4n) is 1.16. The number of allylic oxidation sites excluding steroid dienone is 2.